The second-order valence-electron chi connectivity index (χ2n) is 5.93. The van der Waals surface area contributed by atoms with Crippen LogP contribution in [-0.2, 0) is 17.9 Å². The molecule has 0 bridgehead atoms. The average molecular weight is 434 g/mol. The zero-order chi connectivity index (χ0) is 22.4. The van der Waals surface area contributed by atoms with Gasteiger partial charge in [-0.1, -0.05) is 5.16 Å². The minimum Gasteiger partial charge on any atom is -0.353 e. The van der Waals surface area contributed by atoms with Crippen molar-refractivity contribution < 1.29 is 24.0 Å². The van der Waals surface area contributed by atoms with Gasteiger partial charge in [0.15, 0.2) is 5.82 Å². The molecule has 0 unspecified atom stereocenters. The summed E-state index contributed by atoms with van der Waals surface area (Å²) >= 11 is 0. The van der Waals surface area contributed by atoms with Crippen molar-refractivity contribution in [2.75, 3.05) is 13.1 Å². The lowest BCUT2D eigenvalue weighted by Gasteiger charge is -2.05. The van der Waals surface area contributed by atoms with Crippen LogP contribution in [0.3, 0.4) is 0 Å². The summed E-state index contributed by atoms with van der Waals surface area (Å²) in [7, 11) is 0. The van der Waals surface area contributed by atoms with Crippen molar-refractivity contribution >= 4 is 23.2 Å². The van der Waals surface area contributed by atoms with Crippen LogP contribution < -0.4 is 10.6 Å². The van der Waals surface area contributed by atoms with Gasteiger partial charge >= 0.3 is 23.2 Å². The molecule has 3 heterocycles. The minimum absolute atomic E-state index is 0.0354. The summed E-state index contributed by atoms with van der Waals surface area (Å²) in [4.78, 5) is 47.6. The summed E-state index contributed by atoms with van der Waals surface area (Å²) in [5.74, 6) is -1.38. The Labute approximate surface area is 171 Å². The summed E-state index contributed by atoms with van der Waals surface area (Å²) in [5, 5.41) is 37.3. The maximum atomic E-state index is 12.0. The van der Waals surface area contributed by atoms with E-state index >= 15 is 0 Å². The normalized spacial score (nSPS) is 10.6. The number of rotatable bonds is 10. The minimum atomic E-state index is -0.679. The van der Waals surface area contributed by atoms with Gasteiger partial charge in [0, 0.05) is 13.1 Å². The molecule has 31 heavy (non-hydrogen) atoms. The van der Waals surface area contributed by atoms with E-state index in [0.29, 0.717) is 0 Å². The zero-order valence-corrected chi connectivity index (χ0v) is 15.6. The fourth-order valence-electron chi connectivity index (χ4n) is 2.28. The molecule has 0 aliphatic heterocycles. The van der Waals surface area contributed by atoms with Gasteiger partial charge in [-0.3, -0.25) is 39.2 Å². The number of nitrogens with zero attached hydrogens (tertiary/aromatic N) is 8. The van der Waals surface area contributed by atoms with Gasteiger partial charge in [0.1, 0.15) is 37.9 Å². The Kier molecular flexibility index (Phi) is 6.24. The van der Waals surface area contributed by atoms with E-state index in [-0.39, 0.29) is 49.3 Å². The number of hydrogen-bond donors (Lipinski definition) is 2. The van der Waals surface area contributed by atoms with Crippen molar-refractivity contribution in [1.29, 1.82) is 0 Å². The number of nitro groups is 2. The van der Waals surface area contributed by atoms with Gasteiger partial charge in [-0.2, -0.15) is 15.2 Å². The SMILES string of the molecule is O=C(Cn1cc([N+](=O)[O-])cn1)NCCNC(=O)c1nc(Cn2cc([N+](=O)[O-])cn2)no1. The molecule has 0 spiro atoms. The Hall–Kier alpha value is -4.70. The first-order valence-electron chi connectivity index (χ1n) is 8.53. The van der Waals surface area contributed by atoms with Crippen LogP contribution >= 0.6 is 0 Å². The molecule has 2 N–H and O–H groups in total. The molecule has 0 saturated heterocycles. The molecule has 0 aliphatic carbocycles. The highest BCUT2D eigenvalue weighted by molar-refractivity contribution is 5.89. The highest BCUT2D eigenvalue weighted by Crippen LogP contribution is 2.09. The van der Waals surface area contributed by atoms with Crippen LogP contribution in [0.5, 0.6) is 0 Å². The molecule has 0 aliphatic rings. The standard InChI is InChI=1S/C14H14N10O7/c25-12(8-22-6-10(4-18-22)24(29)30)15-1-2-16-13(26)14-19-11(20-31-14)7-21-5-9(3-17-21)23(27)28/h3-6H,1-2,7-8H2,(H,15,25)(H,16,26). The molecule has 17 heteroatoms. The van der Waals surface area contributed by atoms with Crippen molar-refractivity contribution in [3.63, 3.8) is 0 Å². The number of amides is 2. The molecule has 3 aromatic rings. The van der Waals surface area contributed by atoms with Gasteiger partial charge in [0.05, 0.1) is 9.85 Å². The van der Waals surface area contributed by atoms with Crippen molar-refractivity contribution in [2.45, 2.75) is 13.1 Å². The first-order valence-corrected chi connectivity index (χ1v) is 8.53. The smallest absolute Gasteiger partial charge is 0.316 e. The van der Waals surface area contributed by atoms with E-state index in [1.54, 1.807) is 0 Å². The maximum absolute atomic E-state index is 12.0. The fraction of sp³-hybridized carbons (Fsp3) is 0.286. The Morgan fingerprint density at radius 2 is 1.61 bits per heavy atom. The molecule has 0 aromatic carbocycles. The Morgan fingerprint density at radius 1 is 1.00 bits per heavy atom. The lowest BCUT2D eigenvalue weighted by molar-refractivity contribution is -0.385. The monoisotopic (exact) mass is 434 g/mol. The summed E-state index contributed by atoms with van der Waals surface area (Å²) in [6, 6.07) is 0. The van der Waals surface area contributed by atoms with E-state index < -0.39 is 21.7 Å². The lowest BCUT2D eigenvalue weighted by Crippen LogP contribution is -2.36. The Bertz CT molecular complexity index is 1120. The van der Waals surface area contributed by atoms with Gasteiger partial charge in [-0.25, -0.2) is 0 Å². The Morgan fingerprint density at radius 3 is 2.26 bits per heavy atom. The molecule has 2 amide bonds. The molecule has 0 fully saturated rings. The van der Waals surface area contributed by atoms with Crippen LogP contribution in [0.2, 0.25) is 0 Å². The largest absolute Gasteiger partial charge is 0.353 e. The maximum Gasteiger partial charge on any atom is 0.316 e. The second-order valence-corrected chi connectivity index (χ2v) is 5.93. The quantitative estimate of drug-likeness (QED) is 0.221. The predicted octanol–water partition coefficient (Wildman–Crippen LogP) is -1.13. The van der Waals surface area contributed by atoms with Crippen LogP contribution in [0.1, 0.15) is 16.5 Å². The topological polar surface area (TPSA) is 219 Å². The first-order chi connectivity index (χ1) is 14.8. The van der Waals surface area contributed by atoms with E-state index in [2.05, 4.69) is 31.0 Å². The van der Waals surface area contributed by atoms with Crippen LogP contribution in [0.25, 0.3) is 0 Å². The van der Waals surface area contributed by atoms with Crippen molar-refractivity contribution in [3.8, 4) is 0 Å². The average Bonchev–Trinajstić information content (AvgIpc) is 3.46. The third-order valence-corrected chi connectivity index (χ3v) is 3.66. The third-order valence-electron chi connectivity index (χ3n) is 3.66. The second kappa shape index (κ2) is 9.20. The van der Waals surface area contributed by atoms with E-state index in [0.717, 1.165) is 23.3 Å². The lowest BCUT2D eigenvalue weighted by atomic mass is 10.5. The molecule has 17 nitrogen and oxygen atoms in total. The molecule has 0 saturated carbocycles. The molecule has 0 radical (unpaired) electrons. The molecule has 0 atom stereocenters. The van der Waals surface area contributed by atoms with Crippen molar-refractivity contribution in [3.05, 3.63) is 56.7 Å². The van der Waals surface area contributed by atoms with Crippen molar-refractivity contribution in [1.82, 2.24) is 40.3 Å². The van der Waals surface area contributed by atoms with Gasteiger partial charge in [0.2, 0.25) is 5.91 Å². The number of aromatic nitrogens is 6. The molecule has 3 rings (SSSR count). The van der Waals surface area contributed by atoms with E-state index in [1.807, 2.05) is 0 Å². The number of carbonyl (C=O) groups excluding carboxylic acids is 2. The van der Waals surface area contributed by atoms with Gasteiger partial charge < -0.3 is 15.2 Å². The Balaban J connectivity index is 1.39. The van der Waals surface area contributed by atoms with E-state index in [4.69, 9.17) is 4.52 Å². The molecular formula is C14H14N10O7. The van der Waals surface area contributed by atoms with Crippen LogP contribution in [0, 0.1) is 20.2 Å². The van der Waals surface area contributed by atoms with E-state index in [1.165, 1.54) is 10.9 Å². The summed E-state index contributed by atoms with van der Waals surface area (Å²) in [6.07, 6.45) is 4.39. The summed E-state index contributed by atoms with van der Waals surface area (Å²) in [6.45, 7) is -0.133. The van der Waals surface area contributed by atoms with Crippen molar-refractivity contribution in [2.24, 2.45) is 0 Å². The number of nitrogens with one attached hydrogen (secondary N) is 2. The van der Waals surface area contributed by atoms with E-state index in [9.17, 15) is 29.8 Å². The first kappa shape index (κ1) is 21.0. The van der Waals surface area contributed by atoms with Gasteiger partial charge in [-0.15, -0.1) is 0 Å². The number of carbonyl (C=O) groups is 2. The zero-order valence-electron chi connectivity index (χ0n) is 15.6. The predicted molar refractivity (Wildman–Crippen MR) is 96.5 cm³/mol. The van der Waals surface area contributed by atoms with Gasteiger partial charge in [-0.05, 0) is 0 Å². The van der Waals surface area contributed by atoms with Crippen LogP contribution in [-0.4, -0.2) is 64.5 Å². The molecular weight excluding hydrogens is 420 g/mol. The van der Waals surface area contributed by atoms with Crippen LogP contribution in [0.15, 0.2) is 29.3 Å². The van der Waals surface area contributed by atoms with Crippen LogP contribution in [0.4, 0.5) is 11.4 Å². The number of hydrogen-bond acceptors (Lipinski definition) is 11. The summed E-state index contributed by atoms with van der Waals surface area (Å²) < 4.78 is 7.16. The highest BCUT2D eigenvalue weighted by Gasteiger charge is 2.17. The third kappa shape index (κ3) is 5.65. The fourth-order valence-corrected chi connectivity index (χ4v) is 2.28. The highest BCUT2D eigenvalue weighted by atomic mass is 16.6. The van der Waals surface area contributed by atoms with Gasteiger partial charge in [0.25, 0.3) is 0 Å². The summed E-state index contributed by atoms with van der Waals surface area (Å²) in [5.41, 5.74) is -0.431. The molecule has 3 aromatic heterocycles. The molecule has 162 valence electrons.